The third-order valence-electron chi connectivity index (χ3n) is 7.81. The maximum Gasteiger partial charge on any atom is 0.273 e. The molecule has 2 aliphatic rings. The van der Waals surface area contributed by atoms with Crippen LogP contribution in [0.5, 0.6) is 5.75 Å². The molecule has 1 aliphatic heterocycles. The number of amides is 3. The summed E-state index contributed by atoms with van der Waals surface area (Å²) in [4.78, 5) is 42.1. The number of hydrogen-bond acceptors (Lipinski definition) is 9. The van der Waals surface area contributed by atoms with Crippen molar-refractivity contribution in [1.29, 1.82) is 0 Å². The summed E-state index contributed by atoms with van der Waals surface area (Å²) in [5.41, 5.74) is 4.28. The molecule has 1 atom stereocenters. The number of para-hydroxylation sites is 1. The van der Waals surface area contributed by atoms with E-state index >= 15 is 0 Å². The molecule has 0 bridgehead atoms. The number of ether oxygens (including phenoxy) is 1. The minimum Gasteiger partial charge on any atom is -0.494 e. The predicted octanol–water partition coefficient (Wildman–Crippen LogP) is 4.07. The van der Waals surface area contributed by atoms with Gasteiger partial charge in [0.05, 0.1) is 24.5 Å². The Kier molecular flexibility index (Phi) is 11.2. The molecule has 2 aromatic rings. The van der Waals surface area contributed by atoms with Crippen molar-refractivity contribution >= 4 is 40.5 Å². The number of hydrogen-bond donors (Lipinski definition) is 4. The number of carbonyl (C=O) groups is 3. The van der Waals surface area contributed by atoms with E-state index in [1.54, 1.807) is 24.2 Å². The van der Waals surface area contributed by atoms with E-state index in [9.17, 15) is 14.4 Å². The molecule has 12 heteroatoms. The van der Waals surface area contributed by atoms with Crippen LogP contribution >= 0.6 is 0 Å². The summed E-state index contributed by atoms with van der Waals surface area (Å²) >= 11 is 0. The molecule has 1 saturated carbocycles. The molecule has 1 aromatic heterocycles. The largest absolute Gasteiger partial charge is 0.494 e. The van der Waals surface area contributed by atoms with Gasteiger partial charge >= 0.3 is 0 Å². The van der Waals surface area contributed by atoms with E-state index in [2.05, 4.69) is 44.5 Å². The Labute approximate surface area is 270 Å². The van der Waals surface area contributed by atoms with E-state index in [1.165, 1.54) is 7.05 Å². The minimum atomic E-state index is -0.433. The molecule has 0 radical (unpaired) electrons. The first-order valence-corrected chi connectivity index (χ1v) is 15.4. The van der Waals surface area contributed by atoms with E-state index in [4.69, 9.17) is 4.74 Å². The Hall–Kier alpha value is -5.13. The van der Waals surface area contributed by atoms with Gasteiger partial charge in [0.25, 0.3) is 11.8 Å². The SMILES string of the molecule is CC/C=C(/C=C\N(C)C)C(C)N(C)C(=O)C1=CC=C(c2cccc(Nc3cc(NC(=O)C4CC4)nnc3C(=O)NC)c2OC)CN1. The van der Waals surface area contributed by atoms with E-state index < -0.39 is 5.91 Å². The average Bonchev–Trinajstić information content (AvgIpc) is 3.91. The topological polar surface area (TPSA) is 141 Å². The molecule has 12 nitrogen and oxygen atoms in total. The Morgan fingerprint density at radius 2 is 1.89 bits per heavy atom. The molecule has 1 aromatic carbocycles. The lowest BCUT2D eigenvalue weighted by molar-refractivity contribution is -0.127. The fourth-order valence-electron chi connectivity index (χ4n) is 4.92. The Balaban J connectivity index is 1.58. The molecule has 46 heavy (non-hydrogen) atoms. The van der Waals surface area contributed by atoms with Gasteiger partial charge in [-0.05, 0) is 61.8 Å². The van der Waals surface area contributed by atoms with Gasteiger partial charge in [-0.3, -0.25) is 14.4 Å². The molecule has 4 rings (SSSR count). The van der Waals surface area contributed by atoms with Crippen molar-refractivity contribution in [3.05, 3.63) is 77.3 Å². The Bertz CT molecular complexity index is 1590. The van der Waals surface area contributed by atoms with Gasteiger partial charge in [-0.25, -0.2) is 0 Å². The van der Waals surface area contributed by atoms with E-state index in [0.717, 1.165) is 36.0 Å². The molecule has 0 saturated heterocycles. The van der Waals surface area contributed by atoms with E-state index in [1.807, 2.05) is 69.5 Å². The number of methoxy groups -OCH3 is 1. The zero-order valence-corrected chi connectivity index (χ0v) is 27.6. The third kappa shape index (κ3) is 8.12. The number of allylic oxidation sites excluding steroid dienone is 3. The summed E-state index contributed by atoms with van der Waals surface area (Å²) in [6.45, 7) is 4.50. The zero-order valence-electron chi connectivity index (χ0n) is 27.6. The lowest BCUT2D eigenvalue weighted by Gasteiger charge is -2.29. The molecule has 3 amide bonds. The number of nitrogens with one attached hydrogen (secondary N) is 4. The summed E-state index contributed by atoms with van der Waals surface area (Å²) in [5, 5.41) is 20.0. The third-order valence-corrected chi connectivity index (χ3v) is 7.81. The second-order valence-corrected chi connectivity index (χ2v) is 11.5. The monoisotopic (exact) mass is 628 g/mol. The van der Waals surface area contributed by atoms with Gasteiger partial charge in [0.15, 0.2) is 11.5 Å². The van der Waals surface area contributed by atoms with Gasteiger partial charge < -0.3 is 35.8 Å². The second kappa shape index (κ2) is 15.2. The first-order chi connectivity index (χ1) is 22.1. The van der Waals surface area contributed by atoms with Gasteiger partial charge in [0.2, 0.25) is 5.91 Å². The Morgan fingerprint density at radius 1 is 1.13 bits per heavy atom. The normalized spacial score (nSPS) is 15.2. The number of dihydropyridines is 1. The minimum absolute atomic E-state index is 0.0137. The van der Waals surface area contributed by atoms with Crippen LogP contribution in [0.15, 0.2) is 66.0 Å². The summed E-state index contributed by atoms with van der Waals surface area (Å²) < 4.78 is 5.85. The number of nitrogens with zero attached hydrogens (tertiary/aromatic N) is 4. The lowest BCUT2D eigenvalue weighted by Crippen LogP contribution is -2.41. The van der Waals surface area contributed by atoms with Crippen molar-refractivity contribution < 1.29 is 19.1 Å². The highest BCUT2D eigenvalue weighted by atomic mass is 16.5. The molecule has 4 N–H and O–H groups in total. The van der Waals surface area contributed by atoms with Crippen LogP contribution in [-0.4, -0.2) is 85.6 Å². The number of benzene rings is 1. The summed E-state index contributed by atoms with van der Waals surface area (Å²) in [6, 6.07) is 7.08. The van der Waals surface area contributed by atoms with E-state index in [0.29, 0.717) is 29.4 Å². The molecule has 1 fully saturated rings. The smallest absolute Gasteiger partial charge is 0.273 e. The molecule has 0 spiro atoms. The number of carbonyl (C=O) groups excluding carboxylic acids is 3. The van der Waals surface area contributed by atoms with Crippen LogP contribution < -0.4 is 26.0 Å². The lowest BCUT2D eigenvalue weighted by atomic mass is 10.00. The van der Waals surface area contributed by atoms with Crippen LogP contribution in [0.4, 0.5) is 17.2 Å². The van der Waals surface area contributed by atoms with Crippen LogP contribution in [0.25, 0.3) is 5.57 Å². The molecule has 1 aliphatic carbocycles. The quantitative estimate of drug-likeness (QED) is 0.242. The van der Waals surface area contributed by atoms with Gasteiger partial charge in [-0.15, -0.1) is 10.2 Å². The first-order valence-electron chi connectivity index (χ1n) is 15.4. The van der Waals surface area contributed by atoms with Crippen molar-refractivity contribution in [2.24, 2.45) is 5.92 Å². The average molecular weight is 629 g/mol. The maximum absolute atomic E-state index is 13.5. The highest BCUT2D eigenvalue weighted by molar-refractivity contribution is 6.00. The van der Waals surface area contributed by atoms with Crippen LogP contribution in [0, 0.1) is 5.92 Å². The Morgan fingerprint density at radius 3 is 2.50 bits per heavy atom. The van der Waals surface area contributed by atoms with Gasteiger partial charge in [-0.1, -0.05) is 31.2 Å². The number of likely N-dealkylation sites (N-methyl/N-ethyl adjacent to an activating group) is 1. The molecular weight excluding hydrogens is 584 g/mol. The van der Waals surface area contributed by atoms with Crippen molar-refractivity contribution in [1.82, 2.24) is 30.6 Å². The van der Waals surface area contributed by atoms with Gasteiger partial charge in [0.1, 0.15) is 11.4 Å². The maximum atomic E-state index is 13.5. The second-order valence-electron chi connectivity index (χ2n) is 11.5. The summed E-state index contributed by atoms with van der Waals surface area (Å²) in [5.74, 6) is 0.109. The fraction of sp³-hybridized carbons (Fsp3) is 0.382. The highest BCUT2D eigenvalue weighted by Gasteiger charge is 2.30. The van der Waals surface area contributed by atoms with Crippen molar-refractivity contribution in [3.63, 3.8) is 0 Å². The van der Waals surface area contributed by atoms with Crippen LogP contribution in [0.2, 0.25) is 0 Å². The number of rotatable bonds is 13. The predicted molar refractivity (Wildman–Crippen MR) is 181 cm³/mol. The summed E-state index contributed by atoms with van der Waals surface area (Å²) in [6.07, 6.45) is 12.4. The highest BCUT2D eigenvalue weighted by Crippen LogP contribution is 2.37. The molecule has 2 heterocycles. The van der Waals surface area contributed by atoms with Crippen molar-refractivity contribution in [3.8, 4) is 5.75 Å². The molecular formula is C34H44N8O4. The van der Waals surface area contributed by atoms with Gasteiger partial charge in [0, 0.05) is 52.3 Å². The van der Waals surface area contributed by atoms with Gasteiger partial charge in [-0.2, -0.15) is 0 Å². The fourth-order valence-corrected chi connectivity index (χ4v) is 4.92. The molecule has 244 valence electrons. The molecule has 1 unspecified atom stereocenters. The van der Waals surface area contributed by atoms with Crippen LogP contribution in [0.3, 0.4) is 0 Å². The number of aromatic nitrogens is 2. The summed E-state index contributed by atoms with van der Waals surface area (Å²) in [7, 11) is 8.82. The standard InChI is InChI=1S/C34H44N8O4/c1-8-10-22(17-18-41(4)5)21(2)42(6)34(45)27-16-15-24(20-36-27)25-11-9-12-26(31(25)46-7)37-28-19-29(38-32(43)23-13-14-23)39-40-30(28)33(44)35-3/h9-12,15-19,21,23,36H,8,13-14,20H2,1-7H3,(H,35,44)(H2,37,38,39,43)/b18-17-,22-10-. The van der Waals surface area contributed by atoms with Crippen molar-refractivity contribution in [2.75, 3.05) is 52.5 Å². The van der Waals surface area contributed by atoms with Crippen LogP contribution in [0.1, 0.15) is 49.2 Å². The zero-order chi connectivity index (χ0) is 33.4. The van der Waals surface area contributed by atoms with E-state index in [-0.39, 0.29) is 35.3 Å². The number of anilines is 3. The first kappa shape index (κ1) is 33.8. The van der Waals surface area contributed by atoms with Crippen molar-refractivity contribution in [2.45, 2.75) is 39.2 Å². The van der Waals surface area contributed by atoms with Crippen LogP contribution in [-0.2, 0) is 9.59 Å².